The van der Waals surface area contributed by atoms with E-state index in [4.69, 9.17) is 11.6 Å². The summed E-state index contributed by atoms with van der Waals surface area (Å²) in [6.07, 6.45) is 2.36. The molecule has 0 aromatic heterocycles. The molecule has 0 aliphatic carbocycles. The quantitative estimate of drug-likeness (QED) is 0.422. The lowest BCUT2D eigenvalue weighted by Crippen LogP contribution is -2.44. The Balaban J connectivity index is 1.77. The molecular formula is C22H22ClF4N3O3. The van der Waals surface area contributed by atoms with Crippen molar-refractivity contribution in [3.63, 3.8) is 0 Å². The number of hydrogen-bond donors (Lipinski definition) is 1. The number of rotatable bonds is 8. The highest BCUT2D eigenvalue weighted by molar-refractivity contribution is 6.31. The molecule has 1 heterocycles. The van der Waals surface area contributed by atoms with Crippen molar-refractivity contribution in [3.8, 4) is 11.5 Å². The first kappa shape index (κ1) is 24.7. The van der Waals surface area contributed by atoms with Gasteiger partial charge in [0.05, 0.1) is 11.4 Å². The van der Waals surface area contributed by atoms with E-state index in [2.05, 4.69) is 24.6 Å². The molecule has 1 N–H and O–H groups in total. The number of hydrogen-bond acceptors (Lipinski definition) is 5. The summed E-state index contributed by atoms with van der Waals surface area (Å²) in [6.45, 7) is -3.02. The smallest absolute Gasteiger partial charge is 0.387 e. The van der Waals surface area contributed by atoms with Gasteiger partial charge in [-0.25, -0.2) is 0 Å². The van der Waals surface area contributed by atoms with Gasteiger partial charge in [0.15, 0.2) is 0 Å². The molecule has 2 aromatic carbocycles. The standard InChI is InChI=1S/C22H22ClF4N3O3/c1-29-8-10-30(11-9-29)18-6-4-15(23)12-17(18)28-20(31)7-3-14-2-5-16(32-21(24)25)13-19(14)33-22(26)27/h2-7,12-13,21-22H,8-11H2,1H3,(H,28,31)/b7-3+. The highest BCUT2D eigenvalue weighted by Crippen LogP contribution is 2.31. The Kier molecular flexibility index (Phi) is 8.40. The minimum Gasteiger partial charge on any atom is -0.435 e. The number of carbonyl (C=O) groups excluding carboxylic acids is 1. The van der Waals surface area contributed by atoms with E-state index in [1.54, 1.807) is 12.1 Å². The lowest BCUT2D eigenvalue weighted by molar-refractivity contribution is -0.111. The Morgan fingerprint density at radius 3 is 2.39 bits per heavy atom. The Hall–Kier alpha value is -2.98. The zero-order valence-corrected chi connectivity index (χ0v) is 18.4. The molecule has 2 aromatic rings. The summed E-state index contributed by atoms with van der Waals surface area (Å²) >= 11 is 6.11. The first-order valence-corrected chi connectivity index (χ1v) is 10.3. The molecule has 178 valence electrons. The number of amides is 1. The molecule has 0 unspecified atom stereocenters. The van der Waals surface area contributed by atoms with Crippen molar-refractivity contribution in [3.05, 3.63) is 53.1 Å². The van der Waals surface area contributed by atoms with Gasteiger partial charge in [-0.15, -0.1) is 0 Å². The lowest BCUT2D eigenvalue weighted by Gasteiger charge is -2.35. The van der Waals surface area contributed by atoms with Crippen LogP contribution in [0.2, 0.25) is 5.02 Å². The molecule has 1 amide bonds. The first-order valence-electron chi connectivity index (χ1n) is 9.97. The molecule has 11 heteroatoms. The molecular weight excluding hydrogens is 466 g/mol. The molecule has 1 aliphatic rings. The van der Waals surface area contributed by atoms with E-state index >= 15 is 0 Å². The van der Waals surface area contributed by atoms with Gasteiger partial charge in [-0.3, -0.25) is 4.79 Å². The second kappa shape index (κ2) is 11.2. The lowest BCUT2D eigenvalue weighted by atomic mass is 10.1. The Bertz CT molecular complexity index is 999. The van der Waals surface area contributed by atoms with Gasteiger partial charge in [0.1, 0.15) is 11.5 Å². The molecule has 0 bridgehead atoms. The number of benzene rings is 2. The van der Waals surface area contributed by atoms with Crippen LogP contribution < -0.4 is 19.7 Å². The van der Waals surface area contributed by atoms with Crippen LogP contribution in [-0.2, 0) is 4.79 Å². The van der Waals surface area contributed by atoms with E-state index in [1.807, 2.05) is 13.1 Å². The van der Waals surface area contributed by atoms with Crippen LogP contribution in [0.15, 0.2) is 42.5 Å². The molecule has 0 saturated carbocycles. The molecule has 3 rings (SSSR count). The fourth-order valence-corrected chi connectivity index (χ4v) is 3.47. The van der Waals surface area contributed by atoms with E-state index in [9.17, 15) is 22.4 Å². The van der Waals surface area contributed by atoms with Crippen molar-refractivity contribution in [2.75, 3.05) is 43.4 Å². The van der Waals surface area contributed by atoms with Gasteiger partial charge < -0.3 is 24.6 Å². The normalized spacial score (nSPS) is 14.8. The van der Waals surface area contributed by atoms with Crippen LogP contribution in [0, 0.1) is 0 Å². The predicted octanol–water partition coefficient (Wildman–Crippen LogP) is 4.95. The van der Waals surface area contributed by atoms with Crippen LogP contribution in [-0.4, -0.2) is 57.3 Å². The minimum absolute atomic E-state index is 0.0810. The number of piperazine rings is 1. The van der Waals surface area contributed by atoms with E-state index < -0.39 is 24.9 Å². The van der Waals surface area contributed by atoms with Gasteiger partial charge in [-0.2, -0.15) is 17.6 Å². The number of nitrogens with zero attached hydrogens (tertiary/aromatic N) is 2. The van der Waals surface area contributed by atoms with Crippen molar-refractivity contribution in [1.29, 1.82) is 0 Å². The second-order valence-electron chi connectivity index (χ2n) is 7.23. The summed E-state index contributed by atoms with van der Waals surface area (Å²) in [5.41, 5.74) is 1.40. The largest absolute Gasteiger partial charge is 0.435 e. The van der Waals surface area contributed by atoms with Crippen LogP contribution in [0.1, 0.15) is 5.56 Å². The monoisotopic (exact) mass is 487 g/mol. The topological polar surface area (TPSA) is 54.0 Å². The summed E-state index contributed by atoms with van der Waals surface area (Å²) in [5.74, 6) is -1.30. The Morgan fingerprint density at radius 2 is 1.73 bits per heavy atom. The number of carbonyl (C=O) groups is 1. The number of alkyl halides is 4. The van der Waals surface area contributed by atoms with Crippen molar-refractivity contribution in [2.24, 2.45) is 0 Å². The highest BCUT2D eigenvalue weighted by atomic mass is 35.5. The van der Waals surface area contributed by atoms with E-state index in [-0.39, 0.29) is 11.3 Å². The fraction of sp³-hybridized carbons (Fsp3) is 0.318. The van der Waals surface area contributed by atoms with Crippen molar-refractivity contribution < 1.29 is 31.8 Å². The highest BCUT2D eigenvalue weighted by Gasteiger charge is 2.18. The van der Waals surface area contributed by atoms with E-state index in [1.165, 1.54) is 12.1 Å². The molecule has 6 nitrogen and oxygen atoms in total. The number of anilines is 2. The SMILES string of the molecule is CN1CCN(c2ccc(Cl)cc2NC(=O)/C=C/c2ccc(OC(F)F)cc2OC(F)F)CC1. The van der Waals surface area contributed by atoms with Gasteiger partial charge in [-0.1, -0.05) is 11.6 Å². The molecule has 33 heavy (non-hydrogen) atoms. The third-order valence-corrected chi connectivity index (χ3v) is 5.14. The maximum atomic E-state index is 12.7. The molecule has 1 aliphatic heterocycles. The van der Waals surface area contributed by atoms with Gasteiger partial charge in [-0.05, 0) is 43.5 Å². The molecule has 1 fully saturated rings. The van der Waals surface area contributed by atoms with Gasteiger partial charge in [0.2, 0.25) is 5.91 Å². The second-order valence-corrected chi connectivity index (χ2v) is 7.67. The van der Waals surface area contributed by atoms with E-state index in [0.29, 0.717) is 10.7 Å². The van der Waals surface area contributed by atoms with Crippen LogP contribution >= 0.6 is 11.6 Å². The summed E-state index contributed by atoms with van der Waals surface area (Å²) < 4.78 is 58.8. The Labute approximate surface area is 193 Å². The molecule has 0 spiro atoms. The number of likely N-dealkylation sites (N-methyl/N-ethyl adjacent to an activating group) is 1. The summed E-state index contributed by atoms with van der Waals surface area (Å²) in [4.78, 5) is 16.9. The van der Waals surface area contributed by atoms with Crippen molar-refractivity contribution >= 4 is 35.0 Å². The third-order valence-electron chi connectivity index (χ3n) is 4.90. The minimum atomic E-state index is -3.19. The molecule has 0 radical (unpaired) electrons. The zero-order chi connectivity index (χ0) is 24.0. The fourth-order valence-electron chi connectivity index (χ4n) is 3.30. The van der Waals surface area contributed by atoms with Crippen LogP contribution in [0.25, 0.3) is 6.08 Å². The third kappa shape index (κ3) is 7.26. The average molecular weight is 488 g/mol. The molecule has 0 atom stereocenters. The predicted molar refractivity (Wildman–Crippen MR) is 119 cm³/mol. The van der Waals surface area contributed by atoms with Gasteiger partial charge >= 0.3 is 13.2 Å². The van der Waals surface area contributed by atoms with Crippen molar-refractivity contribution in [2.45, 2.75) is 13.2 Å². The maximum Gasteiger partial charge on any atom is 0.387 e. The van der Waals surface area contributed by atoms with Gasteiger partial charge in [0, 0.05) is 48.9 Å². The Morgan fingerprint density at radius 1 is 1.03 bits per heavy atom. The number of halogens is 5. The average Bonchev–Trinajstić information content (AvgIpc) is 2.73. The number of nitrogens with one attached hydrogen (secondary N) is 1. The van der Waals surface area contributed by atoms with Crippen LogP contribution in [0.5, 0.6) is 11.5 Å². The summed E-state index contributed by atoms with van der Waals surface area (Å²) in [5, 5.41) is 3.19. The van der Waals surface area contributed by atoms with Crippen LogP contribution in [0.4, 0.5) is 28.9 Å². The summed E-state index contributed by atoms with van der Waals surface area (Å²) in [7, 11) is 2.03. The van der Waals surface area contributed by atoms with E-state index in [0.717, 1.165) is 50.1 Å². The van der Waals surface area contributed by atoms with Crippen LogP contribution in [0.3, 0.4) is 0 Å². The zero-order valence-electron chi connectivity index (χ0n) is 17.6. The summed E-state index contributed by atoms with van der Waals surface area (Å²) in [6, 6.07) is 8.47. The first-order chi connectivity index (χ1) is 15.7. The van der Waals surface area contributed by atoms with Crippen molar-refractivity contribution in [1.82, 2.24) is 4.90 Å². The number of ether oxygens (including phenoxy) is 2. The molecule has 1 saturated heterocycles. The maximum absolute atomic E-state index is 12.7. The van der Waals surface area contributed by atoms with Gasteiger partial charge in [0.25, 0.3) is 0 Å².